The molecule has 4 saturated carbocycles. The third kappa shape index (κ3) is 3.13. The van der Waals surface area contributed by atoms with E-state index in [0.29, 0.717) is 30.8 Å². The molecule has 6 rings (SSSR count). The van der Waals surface area contributed by atoms with E-state index >= 15 is 0 Å². The smallest absolute Gasteiger partial charge is 0.101 e. The molecule has 1 aromatic rings. The van der Waals surface area contributed by atoms with E-state index in [1.807, 2.05) is 6.07 Å². The van der Waals surface area contributed by atoms with Crippen LogP contribution in [0.15, 0.2) is 28.0 Å². The molecule has 0 spiro atoms. The first-order valence-electron chi connectivity index (χ1n) is 13.7. The molecule has 6 heteroatoms. The minimum atomic E-state index is -1.01. The van der Waals surface area contributed by atoms with Gasteiger partial charge in [-0.05, 0) is 87.0 Å². The van der Waals surface area contributed by atoms with Crippen molar-refractivity contribution >= 4 is 5.84 Å². The van der Waals surface area contributed by atoms with Crippen LogP contribution >= 0.6 is 0 Å². The van der Waals surface area contributed by atoms with E-state index in [4.69, 9.17) is 9.15 Å². The van der Waals surface area contributed by atoms with E-state index in [2.05, 4.69) is 24.2 Å². The van der Waals surface area contributed by atoms with Gasteiger partial charge in [-0.15, -0.1) is 0 Å². The first-order chi connectivity index (χ1) is 16.3. The van der Waals surface area contributed by atoms with Crippen LogP contribution < -0.4 is 5.32 Å². The van der Waals surface area contributed by atoms with Gasteiger partial charge >= 0.3 is 0 Å². The Labute approximate surface area is 203 Å². The lowest BCUT2D eigenvalue weighted by atomic mass is 9.43. The van der Waals surface area contributed by atoms with E-state index in [1.54, 1.807) is 12.5 Å². The normalized spacial score (nSPS) is 47.9. The van der Waals surface area contributed by atoms with Crippen LogP contribution in [0.25, 0.3) is 0 Å². The first-order valence-corrected chi connectivity index (χ1v) is 13.7. The highest BCUT2D eigenvalue weighted by atomic mass is 16.5. The Balaban J connectivity index is 1.17. The lowest BCUT2D eigenvalue weighted by molar-refractivity contribution is -0.239. The first kappa shape index (κ1) is 23.1. The summed E-state index contributed by atoms with van der Waals surface area (Å²) >= 11 is 0. The molecule has 4 fully saturated rings. The number of nitrogens with zero attached hydrogens (tertiary/aromatic N) is 1. The molecule has 5 aliphatic rings. The number of hydrogen-bond donors (Lipinski definition) is 3. The molecular formula is C28H42N2O4. The van der Waals surface area contributed by atoms with Crippen LogP contribution in [0.1, 0.15) is 83.6 Å². The van der Waals surface area contributed by atoms with E-state index in [9.17, 15) is 10.2 Å². The number of aliphatic imine (C=N–C) groups is 1. The molecule has 0 unspecified atom stereocenters. The van der Waals surface area contributed by atoms with Gasteiger partial charge in [0.1, 0.15) is 5.60 Å². The molecule has 0 aromatic carbocycles. The summed E-state index contributed by atoms with van der Waals surface area (Å²) in [7, 11) is 0. The molecule has 188 valence electrons. The maximum Gasteiger partial charge on any atom is 0.101 e. The topological polar surface area (TPSA) is 87.2 Å². The molecule has 0 saturated heterocycles. The van der Waals surface area contributed by atoms with Crippen LogP contribution in [0.5, 0.6) is 0 Å². The van der Waals surface area contributed by atoms with E-state index < -0.39 is 16.6 Å². The molecule has 3 N–H and O–H groups in total. The van der Waals surface area contributed by atoms with Crippen molar-refractivity contribution in [1.29, 1.82) is 0 Å². The van der Waals surface area contributed by atoms with E-state index in [0.717, 1.165) is 76.0 Å². The Kier molecular flexibility index (Phi) is 5.47. The summed E-state index contributed by atoms with van der Waals surface area (Å²) in [5.74, 6) is 2.55. The van der Waals surface area contributed by atoms with Crippen molar-refractivity contribution in [2.75, 3.05) is 19.7 Å². The monoisotopic (exact) mass is 470 g/mol. The number of nitrogens with one attached hydrogen (secondary N) is 1. The summed E-state index contributed by atoms with van der Waals surface area (Å²) < 4.78 is 11.7. The fourth-order valence-corrected chi connectivity index (χ4v) is 9.25. The maximum absolute atomic E-state index is 12.3. The molecule has 0 radical (unpaired) electrons. The van der Waals surface area contributed by atoms with Gasteiger partial charge in [-0.1, -0.05) is 13.8 Å². The average Bonchev–Trinajstić information content (AvgIpc) is 3.57. The molecular weight excluding hydrogens is 428 g/mol. The molecule has 8 atom stereocenters. The van der Waals surface area contributed by atoms with Crippen LogP contribution in [0.2, 0.25) is 0 Å². The lowest BCUT2D eigenvalue weighted by Gasteiger charge is -2.64. The summed E-state index contributed by atoms with van der Waals surface area (Å²) in [6.07, 6.45) is 13.5. The van der Waals surface area contributed by atoms with Gasteiger partial charge in [0.15, 0.2) is 0 Å². The number of aliphatic hydroxyl groups is 2. The van der Waals surface area contributed by atoms with Crippen LogP contribution in [0, 0.1) is 28.6 Å². The second-order valence-corrected chi connectivity index (χ2v) is 12.4. The second-order valence-electron chi connectivity index (χ2n) is 12.4. The Hall–Kier alpha value is -1.37. The van der Waals surface area contributed by atoms with Gasteiger partial charge in [0.25, 0.3) is 0 Å². The minimum Gasteiger partial charge on any atom is -0.472 e. The standard InChI is InChI=1S/C28H42N2O4/c1-25-9-5-21(34-16-8-24-29-13-14-30-24)17-19(25)3-4-23-22(25)6-10-26(2)27(31,11-12-28(23,26)32)20-7-15-33-18-20/h7,15,18-19,21-23,31-32H,3-6,8-14,16-17H2,1-2H3,(H,29,30)/t19-,21+,22+,23-,25+,26-,27+,28+/m1/s1. The van der Waals surface area contributed by atoms with Crippen molar-refractivity contribution in [2.45, 2.75) is 95.4 Å². The lowest BCUT2D eigenvalue weighted by Crippen LogP contribution is -2.64. The fraction of sp³-hybridized carbons (Fsp3) is 0.821. The summed E-state index contributed by atoms with van der Waals surface area (Å²) in [5.41, 5.74) is -1.28. The van der Waals surface area contributed by atoms with E-state index in [1.165, 1.54) is 6.42 Å². The summed E-state index contributed by atoms with van der Waals surface area (Å²) in [6, 6.07) is 1.89. The zero-order chi connectivity index (χ0) is 23.6. The minimum absolute atomic E-state index is 0.257. The fourth-order valence-electron chi connectivity index (χ4n) is 9.25. The molecule has 34 heavy (non-hydrogen) atoms. The number of amidine groups is 1. The largest absolute Gasteiger partial charge is 0.472 e. The van der Waals surface area contributed by atoms with Gasteiger partial charge in [-0.3, -0.25) is 4.99 Å². The van der Waals surface area contributed by atoms with E-state index in [-0.39, 0.29) is 11.3 Å². The van der Waals surface area contributed by atoms with Crippen molar-refractivity contribution in [3.8, 4) is 0 Å². The van der Waals surface area contributed by atoms with Crippen molar-refractivity contribution in [3.63, 3.8) is 0 Å². The Morgan fingerprint density at radius 2 is 1.97 bits per heavy atom. The van der Waals surface area contributed by atoms with Crippen molar-refractivity contribution in [3.05, 3.63) is 24.2 Å². The highest BCUT2D eigenvalue weighted by molar-refractivity contribution is 5.83. The number of ether oxygens (including phenoxy) is 1. The van der Waals surface area contributed by atoms with Crippen molar-refractivity contribution < 1.29 is 19.4 Å². The number of fused-ring (bicyclic) bond motifs is 5. The third-order valence-electron chi connectivity index (χ3n) is 11.4. The zero-order valence-corrected chi connectivity index (χ0v) is 20.9. The number of hydrogen-bond acceptors (Lipinski definition) is 6. The van der Waals surface area contributed by atoms with Gasteiger partial charge in [0, 0.05) is 23.9 Å². The maximum atomic E-state index is 12.3. The number of rotatable bonds is 5. The summed E-state index contributed by atoms with van der Waals surface area (Å²) in [6.45, 7) is 7.27. The second kappa shape index (κ2) is 8.07. The predicted octanol–water partition coefficient (Wildman–Crippen LogP) is 4.40. The highest BCUT2D eigenvalue weighted by Gasteiger charge is 2.72. The molecule has 0 bridgehead atoms. The Morgan fingerprint density at radius 3 is 2.74 bits per heavy atom. The molecule has 1 aromatic heterocycles. The zero-order valence-electron chi connectivity index (χ0n) is 20.9. The SMILES string of the molecule is C[C@]12CC[C@H](OCCC3=NCCN3)C[C@H]1CC[C@@H]1[C@@H]2CC[C@]2(C)[C@@](O)(c3ccoc3)CC[C@]12O. The summed E-state index contributed by atoms with van der Waals surface area (Å²) in [4.78, 5) is 4.48. The van der Waals surface area contributed by atoms with Gasteiger partial charge in [-0.2, -0.15) is 0 Å². The van der Waals surface area contributed by atoms with Crippen molar-refractivity contribution in [2.24, 2.45) is 33.6 Å². The molecule has 0 amide bonds. The van der Waals surface area contributed by atoms with Crippen molar-refractivity contribution in [1.82, 2.24) is 5.32 Å². The molecule has 6 nitrogen and oxygen atoms in total. The number of furan rings is 1. The Bertz CT molecular complexity index is 933. The van der Waals surface area contributed by atoms with Crippen LogP contribution in [-0.4, -0.2) is 47.5 Å². The highest BCUT2D eigenvalue weighted by Crippen LogP contribution is 2.71. The van der Waals surface area contributed by atoms with Gasteiger partial charge in [-0.25, -0.2) is 0 Å². The molecule has 4 aliphatic carbocycles. The Morgan fingerprint density at radius 1 is 1.09 bits per heavy atom. The summed E-state index contributed by atoms with van der Waals surface area (Å²) in [5, 5.41) is 27.6. The van der Waals surface area contributed by atoms with Crippen LogP contribution in [0.4, 0.5) is 0 Å². The van der Waals surface area contributed by atoms with Gasteiger partial charge < -0.3 is 24.7 Å². The van der Waals surface area contributed by atoms with Gasteiger partial charge in [0.05, 0.1) is 43.2 Å². The quantitative estimate of drug-likeness (QED) is 0.594. The predicted molar refractivity (Wildman–Crippen MR) is 130 cm³/mol. The molecule has 2 heterocycles. The van der Waals surface area contributed by atoms with Crippen LogP contribution in [-0.2, 0) is 10.3 Å². The van der Waals surface area contributed by atoms with Crippen LogP contribution in [0.3, 0.4) is 0 Å². The molecule has 1 aliphatic heterocycles. The third-order valence-corrected chi connectivity index (χ3v) is 11.4. The van der Waals surface area contributed by atoms with Gasteiger partial charge in [0.2, 0.25) is 0 Å². The average molecular weight is 471 g/mol.